The molecule has 1 aliphatic carbocycles. The normalized spacial score (nSPS) is 20.3. The number of aromatic nitrogens is 2. The van der Waals surface area contributed by atoms with E-state index in [1.165, 1.54) is 31.7 Å². The Morgan fingerprint density at radius 1 is 1.04 bits per heavy atom. The van der Waals surface area contributed by atoms with Crippen LogP contribution in [-0.4, -0.2) is 45.8 Å². The third-order valence-corrected chi connectivity index (χ3v) is 4.89. The molecule has 2 fully saturated rings. The predicted molar refractivity (Wildman–Crippen MR) is 85.7 cm³/mol. The maximum absolute atomic E-state index is 12.4. The second-order valence-electron chi connectivity index (χ2n) is 6.50. The average molecular weight is 316 g/mol. The minimum atomic E-state index is -0.0933. The van der Waals surface area contributed by atoms with Gasteiger partial charge in [-0.1, -0.05) is 19.3 Å². The van der Waals surface area contributed by atoms with Gasteiger partial charge >= 0.3 is 0 Å². The minimum absolute atomic E-state index is 0.0304. The zero-order valence-corrected chi connectivity index (χ0v) is 13.4. The molecule has 6 nitrogen and oxygen atoms in total. The van der Waals surface area contributed by atoms with Crippen LogP contribution in [0.25, 0.3) is 0 Å². The maximum Gasteiger partial charge on any atom is 0.274 e. The highest BCUT2D eigenvalue weighted by atomic mass is 16.2. The zero-order chi connectivity index (χ0) is 16.1. The predicted octanol–water partition coefficient (Wildman–Crippen LogP) is 1.78. The molecule has 3 rings (SSSR count). The van der Waals surface area contributed by atoms with Crippen molar-refractivity contribution in [1.82, 2.24) is 20.2 Å². The van der Waals surface area contributed by atoms with Crippen molar-refractivity contribution in [1.29, 1.82) is 0 Å². The first-order chi connectivity index (χ1) is 11.2. The van der Waals surface area contributed by atoms with Gasteiger partial charge in [0.05, 0.1) is 6.20 Å². The highest BCUT2D eigenvalue weighted by Crippen LogP contribution is 2.21. The van der Waals surface area contributed by atoms with Crippen LogP contribution in [0.5, 0.6) is 0 Å². The first kappa shape index (κ1) is 15.9. The van der Waals surface area contributed by atoms with Crippen LogP contribution in [0, 0.1) is 5.92 Å². The smallest absolute Gasteiger partial charge is 0.274 e. The Labute approximate surface area is 136 Å². The van der Waals surface area contributed by atoms with E-state index in [4.69, 9.17) is 0 Å². The second-order valence-corrected chi connectivity index (χ2v) is 6.50. The molecule has 2 heterocycles. The van der Waals surface area contributed by atoms with Gasteiger partial charge in [0.25, 0.3) is 5.91 Å². The third kappa shape index (κ3) is 4.06. The average Bonchev–Trinajstić information content (AvgIpc) is 2.63. The summed E-state index contributed by atoms with van der Waals surface area (Å²) < 4.78 is 0. The lowest BCUT2D eigenvalue weighted by atomic mass is 9.92. The molecule has 124 valence electrons. The summed E-state index contributed by atoms with van der Waals surface area (Å²) in [5.41, 5.74) is 0.373. The standard InChI is InChI=1S/C17H24N4O2/c22-16(20-14-4-2-1-3-5-14)13-6-10-21(11-7-13)17(23)15-12-18-8-9-19-15/h8-9,12-14H,1-7,10-11H2,(H,20,22). The number of nitrogens with one attached hydrogen (secondary N) is 1. The van der Waals surface area contributed by atoms with Gasteiger partial charge in [0.15, 0.2) is 0 Å². The Morgan fingerprint density at radius 3 is 2.43 bits per heavy atom. The first-order valence-electron chi connectivity index (χ1n) is 8.59. The molecule has 0 bridgehead atoms. The quantitative estimate of drug-likeness (QED) is 0.922. The van der Waals surface area contributed by atoms with Gasteiger partial charge in [-0.15, -0.1) is 0 Å². The lowest BCUT2D eigenvalue weighted by Crippen LogP contribution is -2.45. The van der Waals surface area contributed by atoms with E-state index in [2.05, 4.69) is 15.3 Å². The van der Waals surface area contributed by atoms with E-state index in [0.717, 1.165) is 25.7 Å². The summed E-state index contributed by atoms with van der Waals surface area (Å²) in [4.78, 5) is 34.5. The fourth-order valence-electron chi connectivity index (χ4n) is 3.48. The molecule has 0 aromatic carbocycles. The zero-order valence-electron chi connectivity index (χ0n) is 13.4. The largest absolute Gasteiger partial charge is 0.353 e. The van der Waals surface area contributed by atoms with Crippen molar-refractivity contribution in [3.05, 3.63) is 24.3 Å². The Hall–Kier alpha value is -1.98. The summed E-state index contributed by atoms with van der Waals surface area (Å²) >= 11 is 0. The van der Waals surface area contributed by atoms with Gasteiger partial charge in [-0.3, -0.25) is 14.6 Å². The van der Waals surface area contributed by atoms with E-state index in [-0.39, 0.29) is 17.7 Å². The van der Waals surface area contributed by atoms with Crippen molar-refractivity contribution < 1.29 is 9.59 Å². The summed E-state index contributed by atoms with van der Waals surface area (Å²) in [5, 5.41) is 3.20. The van der Waals surface area contributed by atoms with Gasteiger partial charge in [0.2, 0.25) is 5.91 Å². The second kappa shape index (κ2) is 7.53. The van der Waals surface area contributed by atoms with Gasteiger partial charge < -0.3 is 10.2 Å². The minimum Gasteiger partial charge on any atom is -0.353 e. The number of nitrogens with zero attached hydrogens (tertiary/aromatic N) is 3. The van der Waals surface area contributed by atoms with Crippen LogP contribution in [0.3, 0.4) is 0 Å². The molecule has 0 radical (unpaired) electrons. The fraction of sp³-hybridized carbons (Fsp3) is 0.647. The van der Waals surface area contributed by atoms with E-state index in [0.29, 0.717) is 24.8 Å². The summed E-state index contributed by atoms with van der Waals surface area (Å²) in [6.07, 6.45) is 12.0. The number of amides is 2. The number of likely N-dealkylation sites (tertiary alicyclic amines) is 1. The van der Waals surface area contributed by atoms with Crippen LogP contribution in [-0.2, 0) is 4.79 Å². The molecule has 1 aromatic rings. The summed E-state index contributed by atoms with van der Waals surface area (Å²) in [6.45, 7) is 1.22. The van der Waals surface area contributed by atoms with Crippen molar-refractivity contribution >= 4 is 11.8 Å². The third-order valence-electron chi connectivity index (χ3n) is 4.89. The van der Waals surface area contributed by atoms with Crippen LogP contribution < -0.4 is 5.32 Å². The number of carbonyl (C=O) groups is 2. The topological polar surface area (TPSA) is 75.2 Å². The molecule has 23 heavy (non-hydrogen) atoms. The van der Waals surface area contributed by atoms with Crippen molar-refractivity contribution in [2.75, 3.05) is 13.1 Å². The highest BCUT2D eigenvalue weighted by molar-refractivity contribution is 5.92. The van der Waals surface area contributed by atoms with Crippen molar-refractivity contribution in [2.24, 2.45) is 5.92 Å². The number of carbonyl (C=O) groups excluding carboxylic acids is 2. The lowest BCUT2D eigenvalue weighted by molar-refractivity contribution is -0.127. The fourth-order valence-corrected chi connectivity index (χ4v) is 3.48. The van der Waals surface area contributed by atoms with Crippen LogP contribution in [0.15, 0.2) is 18.6 Å². The van der Waals surface area contributed by atoms with Gasteiger partial charge in [0, 0.05) is 37.4 Å². The molecule has 0 atom stereocenters. The molecule has 1 saturated heterocycles. The maximum atomic E-state index is 12.4. The molecule has 1 aromatic heterocycles. The van der Waals surface area contributed by atoms with E-state index in [1.807, 2.05) is 0 Å². The Kier molecular flexibility index (Phi) is 5.20. The van der Waals surface area contributed by atoms with Gasteiger partial charge in [-0.25, -0.2) is 4.98 Å². The first-order valence-corrected chi connectivity index (χ1v) is 8.59. The van der Waals surface area contributed by atoms with E-state index in [1.54, 1.807) is 11.1 Å². The van der Waals surface area contributed by atoms with Crippen molar-refractivity contribution in [2.45, 2.75) is 51.0 Å². The molecule has 2 aliphatic rings. The summed E-state index contributed by atoms with van der Waals surface area (Å²) in [7, 11) is 0. The number of hydrogen-bond acceptors (Lipinski definition) is 4. The molecule has 1 aliphatic heterocycles. The Bertz CT molecular complexity index is 535. The summed E-state index contributed by atoms with van der Waals surface area (Å²) in [6, 6.07) is 0.357. The Morgan fingerprint density at radius 2 is 1.78 bits per heavy atom. The molecule has 1 saturated carbocycles. The van der Waals surface area contributed by atoms with Crippen LogP contribution >= 0.6 is 0 Å². The van der Waals surface area contributed by atoms with Gasteiger partial charge in [-0.2, -0.15) is 0 Å². The number of rotatable bonds is 3. The molecule has 1 N–H and O–H groups in total. The molecule has 6 heteroatoms. The van der Waals surface area contributed by atoms with E-state index in [9.17, 15) is 9.59 Å². The molecule has 0 spiro atoms. The van der Waals surface area contributed by atoms with E-state index < -0.39 is 0 Å². The monoisotopic (exact) mass is 316 g/mol. The highest BCUT2D eigenvalue weighted by Gasteiger charge is 2.29. The van der Waals surface area contributed by atoms with E-state index >= 15 is 0 Å². The van der Waals surface area contributed by atoms with Gasteiger partial charge in [0.1, 0.15) is 5.69 Å². The lowest BCUT2D eigenvalue weighted by Gasteiger charge is -2.32. The summed E-state index contributed by atoms with van der Waals surface area (Å²) in [5.74, 6) is 0.107. The van der Waals surface area contributed by atoms with Crippen molar-refractivity contribution in [3.8, 4) is 0 Å². The molecule has 2 amide bonds. The van der Waals surface area contributed by atoms with Crippen molar-refractivity contribution in [3.63, 3.8) is 0 Å². The van der Waals surface area contributed by atoms with Crippen LogP contribution in [0.4, 0.5) is 0 Å². The molecular weight excluding hydrogens is 292 g/mol. The number of hydrogen-bond donors (Lipinski definition) is 1. The van der Waals surface area contributed by atoms with Gasteiger partial charge in [-0.05, 0) is 25.7 Å². The van der Waals surface area contributed by atoms with Crippen LogP contribution in [0.2, 0.25) is 0 Å². The SMILES string of the molecule is O=C(NC1CCCCC1)C1CCN(C(=O)c2cnccn2)CC1. The van der Waals surface area contributed by atoms with Crippen LogP contribution in [0.1, 0.15) is 55.4 Å². The molecular formula is C17H24N4O2. The molecule has 0 unspecified atom stereocenters. The number of piperidine rings is 1. The Balaban J connectivity index is 1.48.